The van der Waals surface area contributed by atoms with E-state index in [1.54, 1.807) is 0 Å². The largest absolute Gasteiger partial charge is 0.478 e. The van der Waals surface area contributed by atoms with E-state index in [9.17, 15) is 0 Å². The van der Waals surface area contributed by atoms with Gasteiger partial charge in [-0.1, -0.05) is 20.8 Å². The fourth-order valence-electron chi connectivity index (χ4n) is 1.46. The highest BCUT2D eigenvalue weighted by Gasteiger charge is 2.21. The molecule has 0 aliphatic heterocycles. The highest BCUT2D eigenvalue weighted by molar-refractivity contribution is 5.17. The first kappa shape index (κ1) is 13.9. The average Bonchev–Trinajstić information content (AvgIpc) is 2.15. The number of rotatable bonds is 4. The average molecular weight is 237 g/mol. The molecule has 2 N–H and O–H groups in total. The molecule has 0 spiro atoms. The quantitative estimate of drug-likeness (QED) is 0.871. The predicted octanol–water partition coefficient (Wildman–Crippen LogP) is 2.10. The Morgan fingerprint density at radius 3 is 2.53 bits per heavy atom. The first-order chi connectivity index (χ1) is 7.82. The second-order valence-electron chi connectivity index (χ2n) is 5.35. The van der Waals surface area contributed by atoms with E-state index in [1.807, 2.05) is 19.9 Å². The van der Waals surface area contributed by atoms with Crippen LogP contribution in [0.25, 0.3) is 0 Å². The van der Waals surface area contributed by atoms with Crippen molar-refractivity contribution in [3.63, 3.8) is 0 Å². The van der Waals surface area contributed by atoms with Crippen LogP contribution in [0.1, 0.15) is 39.2 Å². The minimum atomic E-state index is 0.0740. The minimum Gasteiger partial charge on any atom is -0.478 e. The summed E-state index contributed by atoms with van der Waals surface area (Å²) in [5.41, 5.74) is 7.18. The third-order valence-corrected chi connectivity index (χ3v) is 2.70. The third kappa shape index (κ3) is 4.30. The van der Waals surface area contributed by atoms with Crippen molar-refractivity contribution in [2.45, 2.75) is 47.1 Å². The lowest BCUT2D eigenvalue weighted by molar-refractivity contribution is 0.311. The number of ether oxygens (including phenoxy) is 1. The van der Waals surface area contributed by atoms with Crippen molar-refractivity contribution < 1.29 is 4.74 Å². The molecule has 0 amide bonds. The van der Waals surface area contributed by atoms with E-state index >= 15 is 0 Å². The predicted molar refractivity (Wildman–Crippen MR) is 69.1 cm³/mol. The Kier molecular flexibility index (Phi) is 4.46. The molecule has 1 atom stereocenters. The summed E-state index contributed by atoms with van der Waals surface area (Å²) in [4.78, 5) is 8.62. The lowest BCUT2D eigenvalue weighted by Gasteiger charge is -2.26. The van der Waals surface area contributed by atoms with Gasteiger partial charge in [0.15, 0.2) is 0 Å². The Labute approximate surface area is 104 Å². The highest BCUT2D eigenvalue weighted by Crippen LogP contribution is 2.21. The van der Waals surface area contributed by atoms with Crippen molar-refractivity contribution in [2.24, 2.45) is 11.1 Å². The van der Waals surface area contributed by atoms with Crippen LogP contribution in [-0.2, 0) is 6.42 Å². The second kappa shape index (κ2) is 5.45. The summed E-state index contributed by atoms with van der Waals surface area (Å²) >= 11 is 0. The van der Waals surface area contributed by atoms with Crippen LogP contribution >= 0.6 is 0 Å². The molecule has 0 fully saturated rings. The summed E-state index contributed by atoms with van der Waals surface area (Å²) in [5, 5.41) is 0. The van der Waals surface area contributed by atoms with Gasteiger partial charge in [-0.2, -0.15) is 4.98 Å². The van der Waals surface area contributed by atoms with Crippen molar-refractivity contribution in [1.82, 2.24) is 9.97 Å². The lowest BCUT2D eigenvalue weighted by Crippen LogP contribution is -2.37. The molecule has 1 heterocycles. The molecular formula is C13H23N3O. The first-order valence-corrected chi connectivity index (χ1v) is 6.06. The van der Waals surface area contributed by atoms with Gasteiger partial charge in [0.2, 0.25) is 5.88 Å². The number of aromatic nitrogens is 2. The topological polar surface area (TPSA) is 61.0 Å². The molecule has 0 bridgehead atoms. The molecule has 1 unspecified atom stereocenters. The second-order valence-corrected chi connectivity index (χ2v) is 5.35. The Bertz CT molecular complexity index is 371. The minimum absolute atomic E-state index is 0.0740. The molecule has 0 saturated heterocycles. The molecule has 1 aromatic heterocycles. The molecule has 0 saturated carbocycles. The van der Waals surface area contributed by atoms with Gasteiger partial charge in [-0.05, 0) is 19.3 Å². The van der Waals surface area contributed by atoms with Crippen molar-refractivity contribution >= 4 is 0 Å². The molecule has 0 radical (unpaired) electrons. The van der Waals surface area contributed by atoms with Gasteiger partial charge >= 0.3 is 0 Å². The SMILES string of the molecule is CCOc1cc(CC(N)C(C)(C)C)nc(C)n1. The van der Waals surface area contributed by atoms with Crippen LogP contribution in [0.15, 0.2) is 6.07 Å². The number of aryl methyl sites for hydroxylation is 1. The molecule has 0 aromatic carbocycles. The van der Waals surface area contributed by atoms with Crippen LogP contribution in [0, 0.1) is 12.3 Å². The van der Waals surface area contributed by atoms with Crippen LogP contribution in [0.4, 0.5) is 0 Å². The van der Waals surface area contributed by atoms with Crippen molar-refractivity contribution in [3.05, 3.63) is 17.6 Å². The van der Waals surface area contributed by atoms with E-state index in [4.69, 9.17) is 10.5 Å². The van der Waals surface area contributed by atoms with E-state index in [1.165, 1.54) is 0 Å². The summed E-state index contributed by atoms with van der Waals surface area (Å²) < 4.78 is 5.40. The molecule has 4 nitrogen and oxygen atoms in total. The molecule has 1 rings (SSSR count). The zero-order valence-corrected chi connectivity index (χ0v) is 11.4. The molecule has 0 aliphatic carbocycles. The van der Waals surface area contributed by atoms with Gasteiger partial charge in [-0.15, -0.1) is 0 Å². The maximum absolute atomic E-state index is 6.16. The van der Waals surface area contributed by atoms with Crippen molar-refractivity contribution in [3.8, 4) is 5.88 Å². The Hall–Kier alpha value is -1.16. The van der Waals surface area contributed by atoms with Crippen LogP contribution in [0.5, 0.6) is 5.88 Å². The standard InChI is InChI=1S/C13H23N3O/c1-6-17-12-8-10(15-9(2)16-12)7-11(14)13(3,4)5/h8,11H,6-7,14H2,1-5H3. The van der Waals surface area contributed by atoms with Crippen LogP contribution in [0.2, 0.25) is 0 Å². The zero-order chi connectivity index (χ0) is 13.1. The maximum atomic E-state index is 6.16. The van der Waals surface area contributed by atoms with E-state index in [-0.39, 0.29) is 11.5 Å². The lowest BCUT2D eigenvalue weighted by atomic mass is 9.85. The number of hydrogen-bond donors (Lipinski definition) is 1. The summed E-state index contributed by atoms with van der Waals surface area (Å²) in [5.74, 6) is 1.36. The normalized spacial score (nSPS) is 13.5. The van der Waals surface area contributed by atoms with Gasteiger partial charge in [0.1, 0.15) is 5.82 Å². The summed E-state index contributed by atoms with van der Waals surface area (Å²) in [6.07, 6.45) is 0.743. The van der Waals surface area contributed by atoms with Gasteiger partial charge in [0, 0.05) is 24.2 Å². The Morgan fingerprint density at radius 1 is 1.35 bits per heavy atom. The third-order valence-electron chi connectivity index (χ3n) is 2.70. The van der Waals surface area contributed by atoms with Gasteiger partial charge in [0.25, 0.3) is 0 Å². The number of nitrogens with two attached hydrogens (primary N) is 1. The summed E-state index contributed by atoms with van der Waals surface area (Å²) in [6, 6.07) is 1.95. The smallest absolute Gasteiger partial charge is 0.216 e. The van der Waals surface area contributed by atoms with Crippen LogP contribution < -0.4 is 10.5 Å². The van der Waals surface area contributed by atoms with E-state index in [0.29, 0.717) is 12.5 Å². The maximum Gasteiger partial charge on any atom is 0.216 e. The molecule has 1 aromatic rings. The van der Waals surface area contributed by atoms with Gasteiger partial charge in [-0.3, -0.25) is 0 Å². The number of nitrogens with zero attached hydrogens (tertiary/aromatic N) is 2. The van der Waals surface area contributed by atoms with E-state index < -0.39 is 0 Å². The summed E-state index contributed by atoms with van der Waals surface area (Å²) in [7, 11) is 0. The highest BCUT2D eigenvalue weighted by atomic mass is 16.5. The number of hydrogen-bond acceptors (Lipinski definition) is 4. The molecule has 17 heavy (non-hydrogen) atoms. The zero-order valence-electron chi connectivity index (χ0n) is 11.4. The monoisotopic (exact) mass is 237 g/mol. The first-order valence-electron chi connectivity index (χ1n) is 6.06. The molecule has 0 aliphatic rings. The van der Waals surface area contributed by atoms with Gasteiger partial charge in [-0.25, -0.2) is 4.98 Å². The summed E-state index contributed by atoms with van der Waals surface area (Å²) in [6.45, 7) is 10.8. The fraction of sp³-hybridized carbons (Fsp3) is 0.692. The van der Waals surface area contributed by atoms with Crippen LogP contribution in [-0.4, -0.2) is 22.6 Å². The molecular weight excluding hydrogens is 214 g/mol. The Balaban J connectivity index is 2.84. The van der Waals surface area contributed by atoms with Gasteiger partial charge < -0.3 is 10.5 Å². The Morgan fingerprint density at radius 2 is 2.00 bits per heavy atom. The van der Waals surface area contributed by atoms with Crippen molar-refractivity contribution in [2.75, 3.05) is 6.61 Å². The fourth-order valence-corrected chi connectivity index (χ4v) is 1.46. The van der Waals surface area contributed by atoms with Gasteiger partial charge in [0.05, 0.1) is 6.61 Å². The van der Waals surface area contributed by atoms with E-state index in [2.05, 4.69) is 30.7 Å². The molecule has 96 valence electrons. The van der Waals surface area contributed by atoms with Crippen molar-refractivity contribution in [1.29, 1.82) is 0 Å². The van der Waals surface area contributed by atoms with E-state index in [0.717, 1.165) is 17.9 Å². The molecule has 4 heteroatoms. The van der Waals surface area contributed by atoms with Crippen LogP contribution in [0.3, 0.4) is 0 Å².